The predicted octanol–water partition coefficient (Wildman–Crippen LogP) is 4.08. The fraction of sp³-hybridized carbons (Fsp3) is 0.348. The highest BCUT2D eigenvalue weighted by atomic mass is 32.2. The van der Waals surface area contributed by atoms with Crippen LogP contribution >= 0.6 is 11.8 Å². The fourth-order valence-corrected chi connectivity index (χ4v) is 3.37. The Balaban J connectivity index is 0.000000873. The molecule has 0 atom stereocenters. The molecule has 3 rings (SSSR count). The van der Waals surface area contributed by atoms with Crippen molar-refractivity contribution in [3.8, 4) is 11.4 Å². The number of hydrogen-bond donors (Lipinski definition) is 1. The van der Waals surface area contributed by atoms with Crippen LogP contribution in [-0.2, 0) is 16.1 Å². The zero-order chi connectivity index (χ0) is 24.4. The van der Waals surface area contributed by atoms with Crippen LogP contribution in [0.1, 0.15) is 32.6 Å². The molecule has 0 radical (unpaired) electrons. The molecule has 2 aromatic heterocycles. The summed E-state index contributed by atoms with van der Waals surface area (Å²) in [5.74, 6) is 0.866. The average molecular weight is 474 g/mol. The van der Waals surface area contributed by atoms with Crippen LogP contribution in [-0.4, -0.2) is 57.6 Å². The Morgan fingerprint density at radius 3 is 2.39 bits per heavy atom. The van der Waals surface area contributed by atoms with Gasteiger partial charge < -0.3 is 24.0 Å². The molecule has 3 aromatic rings. The minimum Gasteiger partial charge on any atom is -0.472 e. The van der Waals surface area contributed by atoms with Crippen LogP contribution in [0.3, 0.4) is 0 Å². The molecule has 1 aromatic carbocycles. The van der Waals surface area contributed by atoms with E-state index in [-0.39, 0.29) is 24.9 Å². The van der Waals surface area contributed by atoms with E-state index >= 15 is 0 Å². The van der Waals surface area contributed by atoms with E-state index in [9.17, 15) is 14.4 Å². The summed E-state index contributed by atoms with van der Waals surface area (Å²) in [5.41, 5.74) is 2.05. The number of carbonyl (C=O) groups excluding carboxylic acids is 3. The first-order valence-electron chi connectivity index (χ1n) is 10.4. The molecule has 0 saturated heterocycles. The molecule has 1 N–H and O–H groups in total. The molecular weight excluding hydrogens is 442 g/mol. The van der Waals surface area contributed by atoms with Gasteiger partial charge in [0.05, 0.1) is 17.6 Å². The number of rotatable bonds is 8. The van der Waals surface area contributed by atoms with Crippen LogP contribution in [0.15, 0.2) is 52.4 Å². The summed E-state index contributed by atoms with van der Waals surface area (Å²) < 4.78 is 7.04. The van der Waals surface area contributed by atoms with Crippen LogP contribution in [0.25, 0.3) is 11.4 Å². The fourth-order valence-electron chi connectivity index (χ4n) is 2.57. The molecule has 0 unspecified atom stereocenters. The molecule has 9 nitrogen and oxygen atoms in total. The van der Waals surface area contributed by atoms with Crippen molar-refractivity contribution in [3.05, 3.63) is 48.4 Å². The molecule has 2 amide bonds. The molecule has 0 aliphatic carbocycles. The number of nitrogens with zero attached hydrogens (tertiary/aromatic N) is 4. The molecule has 0 aliphatic heterocycles. The Morgan fingerprint density at radius 1 is 1.21 bits per heavy atom. The van der Waals surface area contributed by atoms with E-state index in [1.165, 1.54) is 16.7 Å². The summed E-state index contributed by atoms with van der Waals surface area (Å²) >= 11 is 1.31. The standard InChI is InChI=1S/C19H21N5O3S.C4H8O.H2/c1-4-24-17(14-9-10-27-11-14)21-22-19(24)28-12-16(25)20-15-7-5-13(6-8-15)18(26)23(2)3;1-4(2)3-5;/h5-11H,4,12H2,1-3H3,(H,20,25);3-4H,1-2H3;1H. The summed E-state index contributed by atoms with van der Waals surface area (Å²) in [6.07, 6.45) is 4.11. The van der Waals surface area contributed by atoms with Crippen molar-refractivity contribution in [1.82, 2.24) is 19.7 Å². The third-order valence-electron chi connectivity index (χ3n) is 4.24. The zero-order valence-corrected chi connectivity index (χ0v) is 20.3. The molecule has 0 bridgehead atoms. The number of aromatic nitrogens is 3. The molecule has 178 valence electrons. The molecule has 0 saturated carbocycles. The number of benzene rings is 1. The summed E-state index contributed by atoms with van der Waals surface area (Å²) in [7, 11) is 3.39. The highest BCUT2D eigenvalue weighted by Crippen LogP contribution is 2.24. The van der Waals surface area contributed by atoms with E-state index in [1.54, 1.807) is 50.9 Å². The van der Waals surface area contributed by atoms with E-state index in [4.69, 9.17) is 4.42 Å². The third-order valence-corrected chi connectivity index (χ3v) is 5.21. The Kier molecular flexibility index (Phi) is 9.86. The van der Waals surface area contributed by atoms with Crippen LogP contribution in [0, 0.1) is 5.92 Å². The SMILES string of the molecule is CC(C)C=O.CCn1c(SCC(=O)Nc2ccc(C(=O)N(C)C)cc2)nnc1-c1ccoc1.[HH]. The second kappa shape index (κ2) is 12.6. The van der Waals surface area contributed by atoms with Crippen LogP contribution in [0.2, 0.25) is 0 Å². The zero-order valence-electron chi connectivity index (χ0n) is 19.4. The second-order valence-electron chi connectivity index (χ2n) is 7.56. The highest BCUT2D eigenvalue weighted by Gasteiger charge is 2.15. The van der Waals surface area contributed by atoms with Gasteiger partial charge in [0.1, 0.15) is 12.5 Å². The van der Waals surface area contributed by atoms with Crippen molar-refractivity contribution < 1.29 is 20.2 Å². The Hall–Kier alpha value is -3.40. The van der Waals surface area contributed by atoms with Gasteiger partial charge in [-0.25, -0.2) is 0 Å². The van der Waals surface area contributed by atoms with E-state index in [2.05, 4.69) is 15.5 Å². The molecule has 2 heterocycles. The van der Waals surface area contributed by atoms with Gasteiger partial charge in [-0.2, -0.15) is 0 Å². The van der Waals surface area contributed by atoms with Crippen molar-refractivity contribution in [1.29, 1.82) is 0 Å². The topological polar surface area (TPSA) is 110 Å². The average Bonchev–Trinajstić information content (AvgIpc) is 3.47. The predicted molar refractivity (Wildman–Crippen MR) is 130 cm³/mol. The summed E-state index contributed by atoms with van der Waals surface area (Å²) in [4.78, 5) is 35.2. The van der Waals surface area contributed by atoms with Crippen LogP contribution in [0.5, 0.6) is 0 Å². The normalized spacial score (nSPS) is 10.4. The number of carbonyl (C=O) groups is 3. The van der Waals surface area contributed by atoms with Crippen molar-refractivity contribution in [2.24, 2.45) is 5.92 Å². The summed E-state index contributed by atoms with van der Waals surface area (Å²) in [6.45, 7) is 6.38. The van der Waals surface area contributed by atoms with Gasteiger partial charge in [-0.3, -0.25) is 9.59 Å². The number of hydrogen-bond acceptors (Lipinski definition) is 7. The number of nitrogens with one attached hydrogen (secondary N) is 1. The van der Waals surface area contributed by atoms with E-state index in [1.807, 2.05) is 31.4 Å². The first-order valence-corrected chi connectivity index (χ1v) is 11.4. The lowest BCUT2D eigenvalue weighted by Crippen LogP contribution is -2.21. The maximum atomic E-state index is 12.3. The number of anilines is 1. The lowest BCUT2D eigenvalue weighted by Gasteiger charge is -2.11. The third kappa shape index (κ3) is 7.60. The maximum Gasteiger partial charge on any atom is 0.253 e. The van der Waals surface area contributed by atoms with Crippen LogP contribution < -0.4 is 5.32 Å². The minimum atomic E-state index is -0.160. The second-order valence-corrected chi connectivity index (χ2v) is 8.50. The molecule has 0 fully saturated rings. The smallest absolute Gasteiger partial charge is 0.253 e. The Morgan fingerprint density at radius 2 is 1.88 bits per heavy atom. The van der Waals surface area contributed by atoms with Crippen molar-refractivity contribution in [3.63, 3.8) is 0 Å². The minimum absolute atomic E-state index is 0. The van der Waals surface area contributed by atoms with Gasteiger partial charge in [0, 0.05) is 39.2 Å². The number of furan rings is 1. The molecule has 33 heavy (non-hydrogen) atoms. The van der Waals surface area contributed by atoms with Crippen LogP contribution in [0.4, 0.5) is 5.69 Å². The Bertz CT molecular complexity index is 1050. The van der Waals surface area contributed by atoms with Crippen molar-refractivity contribution in [2.45, 2.75) is 32.5 Å². The van der Waals surface area contributed by atoms with Gasteiger partial charge >= 0.3 is 0 Å². The van der Waals surface area contributed by atoms with Crippen molar-refractivity contribution in [2.75, 3.05) is 25.2 Å². The lowest BCUT2D eigenvalue weighted by molar-refractivity contribution is -0.114. The molecule has 0 aliphatic rings. The van der Waals surface area contributed by atoms with Gasteiger partial charge in [-0.15, -0.1) is 10.2 Å². The summed E-state index contributed by atoms with van der Waals surface area (Å²) in [6, 6.07) is 8.63. The van der Waals surface area contributed by atoms with E-state index < -0.39 is 0 Å². The largest absolute Gasteiger partial charge is 0.472 e. The first-order chi connectivity index (χ1) is 15.8. The monoisotopic (exact) mass is 473 g/mol. The van der Waals surface area contributed by atoms with Gasteiger partial charge in [0.2, 0.25) is 5.91 Å². The number of thioether (sulfide) groups is 1. The maximum absolute atomic E-state index is 12.3. The molecule has 10 heteroatoms. The van der Waals surface area contributed by atoms with Gasteiger partial charge in [-0.05, 0) is 37.3 Å². The van der Waals surface area contributed by atoms with Gasteiger partial charge in [0.25, 0.3) is 5.91 Å². The lowest BCUT2D eigenvalue weighted by atomic mass is 10.2. The van der Waals surface area contributed by atoms with E-state index in [0.717, 1.165) is 11.8 Å². The van der Waals surface area contributed by atoms with E-state index in [0.29, 0.717) is 28.8 Å². The van der Waals surface area contributed by atoms with Gasteiger partial charge in [-0.1, -0.05) is 25.6 Å². The quantitative estimate of drug-likeness (QED) is 0.388. The molecular formula is C23H31N5O4S. The first kappa shape index (κ1) is 25.9. The number of amides is 2. The Labute approximate surface area is 199 Å². The van der Waals surface area contributed by atoms with Crippen molar-refractivity contribution >= 4 is 35.5 Å². The molecule has 0 spiro atoms. The summed E-state index contributed by atoms with van der Waals surface area (Å²) in [5, 5.41) is 11.9. The number of aldehydes is 1. The van der Waals surface area contributed by atoms with Gasteiger partial charge in [0.15, 0.2) is 11.0 Å². The highest BCUT2D eigenvalue weighted by molar-refractivity contribution is 7.99.